The maximum Gasteiger partial charge on any atom is 0.267 e. The molecule has 0 aliphatic heterocycles. The topological polar surface area (TPSA) is 64.4 Å². The number of aromatic nitrogens is 1. The van der Waals surface area contributed by atoms with Gasteiger partial charge in [0.2, 0.25) is 5.88 Å². The van der Waals surface area contributed by atoms with Crippen molar-refractivity contribution in [2.45, 2.75) is 19.4 Å². The van der Waals surface area contributed by atoms with Crippen molar-refractivity contribution in [1.82, 2.24) is 5.16 Å². The predicted molar refractivity (Wildman–Crippen MR) is 91.6 cm³/mol. The molecule has 5 nitrogen and oxygen atoms in total. The van der Waals surface area contributed by atoms with Crippen molar-refractivity contribution in [3.8, 4) is 17.0 Å². The lowest BCUT2D eigenvalue weighted by atomic mass is 10.1. The number of carbonyl (C=O) groups is 1. The second-order valence-corrected chi connectivity index (χ2v) is 5.52. The number of ether oxygens (including phenoxy) is 1. The van der Waals surface area contributed by atoms with Crippen LogP contribution in [0.3, 0.4) is 0 Å². The van der Waals surface area contributed by atoms with Crippen LogP contribution in [-0.2, 0) is 4.79 Å². The van der Waals surface area contributed by atoms with Crippen LogP contribution in [0.2, 0.25) is 0 Å². The molecule has 7 heteroatoms. The second-order valence-electron chi connectivity index (χ2n) is 5.52. The van der Waals surface area contributed by atoms with Gasteiger partial charge in [0.15, 0.2) is 17.7 Å². The fraction of sp³-hybridized carbons (Fsp3) is 0.158. The molecule has 1 N–H and O–H groups in total. The molecular formula is C19H16F2N2O3. The summed E-state index contributed by atoms with van der Waals surface area (Å²) in [6.07, 6.45) is -0.565. The Kier molecular flexibility index (Phi) is 5.26. The van der Waals surface area contributed by atoms with E-state index in [4.69, 9.17) is 9.26 Å². The highest BCUT2D eigenvalue weighted by molar-refractivity contribution is 5.93. The Hall–Kier alpha value is -3.22. The summed E-state index contributed by atoms with van der Waals surface area (Å²) in [6, 6.07) is 13.1. The molecular weight excluding hydrogens is 342 g/mol. The van der Waals surface area contributed by atoms with Crippen LogP contribution in [0.4, 0.5) is 14.7 Å². The maximum atomic E-state index is 13.7. The number of amides is 1. The number of carbonyl (C=O) groups excluding carboxylic acids is 1. The average Bonchev–Trinajstić information content (AvgIpc) is 3.10. The number of nitrogens with one attached hydrogen (secondary N) is 1. The van der Waals surface area contributed by atoms with Gasteiger partial charge >= 0.3 is 0 Å². The summed E-state index contributed by atoms with van der Waals surface area (Å²) in [5.74, 6) is -1.28. The Balaban J connectivity index is 1.68. The molecule has 3 aromatic rings. The van der Waals surface area contributed by atoms with Gasteiger partial charge in [-0.25, -0.2) is 8.78 Å². The van der Waals surface area contributed by atoms with E-state index in [1.165, 1.54) is 36.4 Å². The normalized spacial score (nSPS) is 11.8. The molecule has 134 valence electrons. The minimum atomic E-state index is -0.897. The first-order valence-electron chi connectivity index (χ1n) is 8.01. The Labute approximate surface area is 148 Å². The number of anilines is 1. The summed E-state index contributed by atoms with van der Waals surface area (Å²) in [5.41, 5.74) is 1.09. The number of nitrogens with zero attached hydrogens (tertiary/aromatic N) is 1. The molecule has 0 radical (unpaired) electrons. The van der Waals surface area contributed by atoms with E-state index in [0.29, 0.717) is 17.7 Å². The molecule has 26 heavy (non-hydrogen) atoms. The van der Waals surface area contributed by atoms with Gasteiger partial charge < -0.3 is 9.26 Å². The Morgan fingerprint density at radius 2 is 1.92 bits per heavy atom. The second kappa shape index (κ2) is 7.77. The van der Waals surface area contributed by atoms with Crippen molar-refractivity contribution >= 4 is 11.8 Å². The van der Waals surface area contributed by atoms with Crippen LogP contribution in [0.5, 0.6) is 5.75 Å². The monoisotopic (exact) mass is 358 g/mol. The molecule has 0 saturated heterocycles. The lowest BCUT2D eigenvalue weighted by Crippen LogP contribution is -2.32. The standard InChI is InChI=1S/C19H16F2N2O3/c1-2-16(25-17-6-4-3-5-14(17)21)19(24)22-18-11-15(23-26-18)12-7-9-13(20)10-8-12/h3-11,16H,2H2,1H3,(H,22,24). The van der Waals surface area contributed by atoms with E-state index in [-0.39, 0.29) is 17.5 Å². The van der Waals surface area contributed by atoms with Gasteiger partial charge in [-0.1, -0.05) is 24.2 Å². The third kappa shape index (κ3) is 4.05. The van der Waals surface area contributed by atoms with Crippen molar-refractivity contribution in [1.29, 1.82) is 0 Å². The molecule has 0 aliphatic rings. The highest BCUT2D eigenvalue weighted by atomic mass is 19.1. The van der Waals surface area contributed by atoms with E-state index < -0.39 is 17.8 Å². The number of hydrogen-bond acceptors (Lipinski definition) is 4. The Morgan fingerprint density at radius 3 is 2.62 bits per heavy atom. The first-order valence-corrected chi connectivity index (χ1v) is 8.01. The summed E-state index contributed by atoms with van der Waals surface area (Å²) >= 11 is 0. The van der Waals surface area contributed by atoms with Crippen molar-refractivity contribution in [3.05, 3.63) is 66.2 Å². The van der Waals surface area contributed by atoms with Crippen molar-refractivity contribution in [2.75, 3.05) is 5.32 Å². The molecule has 0 bridgehead atoms. The van der Waals surface area contributed by atoms with E-state index in [9.17, 15) is 13.6 Å². The highest BCUT2D eigenvalue weighted by Crippen LogP contribution is 2.23. The SMILES string of the molecule is CCC(Oc1ccccc1F)C(=O)Nc1cc(-c2ccc(F)cc2)no1. The quantitative estimate of drug-likeness (QED) is 0.709. The number of halogens is 2. The molecule has 0 spiro atoms. The summed E-state index contributed by atoms with van der Waals surface area (Å²) < 4.78 is 37.2. The van der Waals surface area contributed by atoms with E-state index in [2.05, 4.69) is 10.5 Å². The lowest BCUT2D eigenvalue weighted by Gasteiger charge is -2.16. The van der Waals surface area contributed by atoms with Gasteiger partial charge in [0.1, 0.15) is 11.5 Å². The zero-order chi connectivity index (χ0) is 18.5. The van der Waals surface area contributed by atoms with Gasteiger partial charge in [-0.3, -0.25) is 10.1 Å². The Morgan fingerprint density at radius 1 is 1.19 bits per heavy atom. The van der Waals surface area contributed by atoms with Crippen molar-refractivity contribution in [2.24, 2.45) is 0 Å². The van der Waals surface area contributed by atoms with Crippen LogP contribution in [0.1, 0.15) is 13.3 Å². The van der Waals surface area contributed by atoms with Gasteiger partial charge in [-0.15, -0.1) is 0 Å². The maximum absolute atomic E-state index is 13.7. The summed E-state index contributed by atoms with van der Waals surface area (Å²) in [5, 5.41) is 6.38. The third-order valence-electron chi connectivity index (χ3n) is 3.67. The van der Waals surface area contributed by atoms with Gasteiger partial charge in [0.05, 0.1) is 0 Å². The van der Waals surface area contributed by atoms with Crippen LogP contribution < -0.4 is 10.1 Å². The number of para-hydroxylation sites is 1. The molecule has 1 heterocycles. The summed E-state index contributed by atoms with van der Waals surface area (Å²) in [4.78, 5) is 12.4. The number of rotatable bonds is 6. The smallest absolute Gasteiger partial charge is 0.267 e. The van der Waals surface area contributed by atoms with Crippen molar-refractivity contribution < 1.29 is 22.8 Å². The van der Waals surface area contributed by atoms with E-state index in [0.717, 1.165) is 0 Å². The van der Waals surface area contributed by atoms with Crippen molar-refractivity contribution in [3.63, 3.8) is 0 Å². The molecule has 1 atom stereocenters. The van der Waals surface area contributed by atoms with Gasteiger partial charge in [0.25, 0.3) is 5.91 Å². The van der Waals surface area contributed by atoms with Gasteiger partial charge in [0, 0.05) is 11.6 Å². The number of hydrogen-bond donors (Lipinski definition) is 1. The minimum Gasteiger partial charge on any atom is -0.478 e. The number of benzene rings is 2. The van der Waals surface area contributed by atoms with E-state index in [1.54, 1.807) is 25.1 Å². The van der Waals surface area contributed by atoms with Crippen LogP contribution >= 0.6 is 0 Å². The average molecular weight is 358 g/mol. The van der Waals surface area contributed by atoms with Crippen LogP contribution in [-0.4, -0.2) is 17.2 Å². The molecule has 1 aromatic heterocycles. The largest absolute Gasteiger partial charge is 0.478 e. The highest BCUT2D eigenvalue weighted by Gasteiger charge is 2.21. The molecule has 1 amide bonds. The Bertz CT molecular complexity index is 894. The molecule has 0 fully saturated rings. The van der Waals surface area contributed by atoms with Crippen LogP contribution in [0.25, 0.3) is 11.3 Å². The van der Waals surface area contributed by atoms with Gasteiger partial charge in [-0.05, 0) is 42.8 Å². The first-order chi connectivity index (χ1) is 12.6. The zero-order valence-corrected chi connectivity index (χ0v) is 13.9. The zero-order valence-electron chi connectivity index (χ0n) is 13.9. The molecule has 0 aliphatic carbocycles. The predicted octanol–water partition coefficient (Wildman–Crippen LogP) is 4.42. The molecule has 1 unspecified atom stereocenters. The van der Waals surface area contributed by atoms with E-state index >= 15 is 0 Å². The molecule has 3 rings (SSSR count). The fourth-order valence-electron chi connectivity index (χ4n) is 2.31. The van der Waals surface area contributed by atoms with E-state index in [1.807, 2.05) is 0 Å². The van der Waals surface area contributed by atoms with Crippen LogP contribution in [0.15, 0.2) is 59.1 Å². The molecule has 2 aromatic carbocycles. The minimum absolute atomic E-state index is 0.000860. The fourth-order valence-corrected chi connectivity index (χ4v) is 2.31. The lowest BCUT2D eigenvalue weighted by molar-refractivity contribution is -0.123. The summed E-state index contributed by atoms with van der Waals surface area (Å²) in [6.45, 7) is 1.75. The van der Waals surface area contributed by atoms with Gasteiger partial charge in [-0.2, -0.15) is 0 Å². The third-order valence-corrected chi connectivity index (χ3v) is 3.67. The molecule has 0 saturated carbocycles. The van der Waals surface area contributed by atoms with Crippen LogP contribution in [0, 0.1) is 11.6 Å². The summed E-state index contributed by atoms with van der Waals surface area (Å²) in [7, 11) is 0. The first kappa shape index (κ1) is 17.6.